The average molecular weight is 272 g/mol. The zero-order valence-corrected chi connectivity index (χ0v) is 11.0. The molecule has 5 heteroatoms. The standard InChI is InChI=1S/C15H16N2O3/c18-15-7-3-13(4-8-15)11-16-10-9-12-1-5-14(6-2-12)17(19)20/h1-8,16,18H,9-11H2. The first-order valence-corrected chi connectivity index (χ1v) is 6.37. The number of phenolic OH excluding ortho intramolecular Hbond substituents is 1. The second kappa shape index (κ2) is 6.68. The van der Waals surface area contributed by atoms with Gasteiger partial charge in [-0.3, -0.25) is 10.1 Å². The number of hydrogen-bond donors (Lipinski definition) is 2. The molecule has 2 aromatic rings. The van der Waals surface area contributed by atoms with Crippen LogP contribution in [0.4, 0.5) is 5.69 Å². The molecule has 0 aromatic heterocycles. The number of nitrogens with zero attached hydrogens (tertiary/aromatic N) is 1. The normalized spacial score (nSPS) is 10.4. The Bertz CT molecular complexity index is 565. The van der Waals surface area contributed by atoms with Crippen LogP contribution >= 0.6 is 0 Å². The first kappa shape index (κ1) is 14.0. The van der Waals surface area contributed by atoms with Crippen molar-refractivity contribution in [1.82, 2.24) is 5.32 Å². The number of aromatic hydroxyl groups is 1. The van der Waals surface area contributed by atoms with Crippen molar-refractivity contribution in [2.75, 3.05) is 6.54 Å². The summed E-state index contributed by atoms with van der Waals surface area (Å²) in [7, 11) is 0. The Hall–Kier alpha value is -2.40. The predicted octanol–water partition coefficient (Wildman–Crippen LogP) is 2.63. The summed E-state index contributed by atoms with van der Waals surface area (Å²) in [6.07, 6.45) is 0.816. The van der Waals surface area contributed by atoms with Crippen molar-refractivity contribution in [1.29, 1.82) is 0 Å². The highest BCUT2D eigenvalue weighted by Gasteiger charge is 2.03. The third-order valence-corrected chi connectivity index (χ3v) is 3.00. The van der Waals surface area contributed by atoms with Gasteiger partial charge in [0.1, 0.15) is 5.75 Å². The summed E-state index contributed by atoms with van der Waals surface area (Å²) in [4.78, 5) is 10.1. The monoisotopic (exact) mass is 272 g/mol. The van der Waals surface area contributed by atoms with E-state index in [-0.39, 0.29) is 11.4 Å². The molecule has 20 heavy (non-hydrogen) atoms. The van der Waals surface area contributed by atoms with Crippen LogP contribution in [0.25, 0.3) is 0 Å². The number of phenols is 1. The molecule has 0 bridgehead atoms. The van der Waals surface area contributed by atoms with E-state index in [0.717, 1.165) is 30.6 Å². The van der Waals surface area contributed by atoms with Crippen LogP contribution in [-0.4, -0.2) is 16.6 Å². The van der Waals surface area contributed by atoms with Crippen molar-refractivity contribution in [2.45, 2.75) is 13.0 Å². The molecule has 2 rings (SSSR count). The molecule has 0 aliphatic heterocycles. The Balaban J connectivity index is 1.75. The molecule has 0 aliphatic rings. The number of non-ortho nitro benzene ring substituents is 1. The summed E-state index contributed by atoms with van der Waals surface area (Å²) in [6, 6.07) is 13.7. The largest absolute Gasteiger partial charge is 0.508 e. The smallest absolute Gasteiger partial charge is 0.269 e. The van der Waals surface area contributed by atoms with E-state index in [0.29, 0.717) is 0 Å². The van der Waals surface area contributed by atoms with Crippen LogP contribution in [0, 0.1) is 10.1 Å². The topological polar surface area (TPSA) is 75.4 Å². The van der Waals surface area contributed by atoms with Crippen LogP contribution in [0.1, 0.15) is 11.1 Å². The van der Waals surface area contributed by atoms with Gasteiger partial charge in [-0.15, -0.1) is 0 Å². The molecule has 0 heterocycles. The number of rotatable bonds is 6. The number of nitro benzene ring substituents is 1. The quantitative estimate of drug-likeness (QED) is 0.481. The van der Waals surface area contributed by atoms with Crippen molar-refractivity contribution < 1.29 is 10.0 Å². The molecule has 2 aromatic carbocycles. The van der Waals surface area contributed by atoms with Gasteiger partial charge < -0.3 is 10.4 Å². The van der Waals surface area contributed by atoms with Gasteiger partial charge in [0, 0.05) is 18.7 Å². The maximum absolute atomic E-state index is 10.5. The fourth-order valence-electron chi connectivity index (χ4n) is 1.86. The lowest BCUT2D eigenvalue weighted by Gasteiger charge is -2.05. The molecule has 0 saturated heterocycles. The van der Waals surface area contributed by atoms with Gasteiger partial charge in [0.2, 0.25) is 0 Å². The van der Waals surface area contributed by atoms with Gasteiger partial charge in [-0.2, -0.15) is 0 Å². The molecular weight excluding hydrogens is 256 g/mol. The lowest BCUT2D eigenvalue weighted by atomic mass is 10.1. The van der Waals surface area contributed by atoms with E-state index in [1.54, 1.807) is 24.3 Å². The van der Waals surface area contributed by atoms with E-state index < -0.39 is 4.92 Å². The zero-order chi connectivity index (χ0) is 14.4. The summed E-state index contributed by atoms with van der Waals surface area (Å²) in [6.45, 7) is 1.52. The van der Waals surface area contributed by atoms with Gasteiger partial charge in [0.15, 0.2) is 0 Å². The minimum atomic E-state index is -0.396. The van der Waals surface area contributed by atoms with Gasteiger partial charge in [0.25, 0.3) is 5.69 Å². The summed E-state index contributed by atoms with van der Waals surface area (Å²) in [5, 5.41) is 23.0. The van der Waals surface area contributed by atoms with E-state index in [1.165, 1.54) is 12.1 Å². The molecule has 104 valence electrons. The third kappa shape index (κ3) is 4.07. The Morgan fingerprint density at radius 3 is 2.20 bits per heavy atom. The molecule has 0 fully saturated rings. The number of nitro groups is 1. The molecule has 0 atom stereocenters. The summed E-state index contributed by atoms with van der Waals surface area (Å²) in [5.41, 5.74) is 2.28. The van der Waals surface area contributed by atoms with Crippen LogP contribution in [0.3, 0.4) is 0 Å². The van der Waals surface area contributed by atoms with Crippen LogP contribution in [0.2, 0.25) is 0 Å². The Kier molecular flexibility index (Phi) is 4.68. The van der Waals surface area contributed by atoms with Crippen molar-refractivity contribution in [3.05, 3.63) is 69.8 Å². The van der Waals surface area contributed by atoms with E-state index in [9.17, 15) is 15.2 Å². The van der Waals surface area contributed by atoms with Crippen molar-refractivity contribution in [2.24, 2.45) is 0 Å². The lowest BCUT2D eigenvalue weighted by Crippen LogP contribution is -2.16. The van der Waals surface area contributed by atoms with Crippen LogP contribution in [0.15, 0.2) is 48.5 Å². The van der Waals surface area contributed by atoms with Gasteiger partial charge in [-0.1, -0.05) is 24.3 Å². The van der Waals surface area contributed by atoms with Crippen molar-refractivity contribution in [3.8, 4) is 5.75 Å². The molecular formula is C15H16N2O3. The van der Waals surface area contributed by atoms with Crippen LogP contribution < -0.4 is 5.32 Å². The van der Waals surface area contributed by atoms with E-state index in [4.69, 9.17) is 0 Å². The highest BCUT2D eigenvalue weighted by atomic mass is 16.6. The molecule has 5 nitrogen and oxygen atoms in total. The number of hydrogen-bond acceptors (Lipinski definition) is 4. The lowest BCUT2D eigenvalue weighted by molar-refractivity contribution is -0.384. The Morgan fingerprint density at radius 1 is 1.00 bits per heavy atom. The third-order valence-electron chi connectivity index (χ3n) is 3.00. The summed E-state index contributed by atoms with van der Waals surface area (Å²) in [5.74, 6) is 0.264. The maximum atomic E-state index is 10.5. The highest BCUT2D eigenvalue weighted by molar-refractivity contribution is 5.33. The van der Waals surface area contributed by atoms with Crippen molar-refractivity contribution >= 4 is 5.69 Å². The second-order valence-electron chi connectivity index (χ2n) is 4.52. The van der Waals surface area contributed by atoms with Crippen LogP contribution in [-0.2, 0) is 13.0 Å². The Morgan fingerprint density at radius 2 is 1.60 bits per heavy atom. The van der Waals surface area contributed by atoms with E-state index >= 15 is 0 Å². The van der Waals surface area contributed by atoms with E-state index in [1.807, 2.05) is 12.1 Å². The summed E-state index contributed by atoms with van der Waals surface area (Å²) < 4.78 is 0. The summed E-state index contributed by atoms with van der Waals surface area (Å²) >= 11 is 0. The van der Waals surface area contributed by atoms with Gasteiger partial charge in [0.05, 0.1) is 4.92 Å². The number of nitrogens with one attached hydrogen (secondary N) is 1. The van der Waals surface area contributed by atoms with Crippen LogP contribution in [0.5, 0.6) is 5.75 Å². The van der Waals surface area contributed by atoms with Crippen molar-refractivity contribution in [3.63, 3.8) is 0 Å². The molecule has 0 unspecified atom stereocenters. The SMILES string of the molecule is O=[N+]([O-])c1ccc(CCNCc2ccc(O)cc2)cc1. The fraction of sp³-hybridized carbons (Fsp3) is 0.200. The minimum absolute atomic E-state index is 0.116. The first-order valence-electron chi connectivity index (χ1n) is 6.37. The van der Waals surface area contributed by atoms with E-state index in [2.05, 4.69) is 5.32 Å². The van der Waals surface area contributed by atoms with Gasteiger partial charge >= 0.3 is 0 Å². The molecule has 0 radical (unpaired) electrons. The second-order valence-corrected chi connectivity index (χ2v) is 4.52. The molecule has 2 N–H and O–H groups in total. The molecule has 0 spiro atoms. The minimum Gasteiger partial charge on any atom is -0.508 e. The molecule has 0 saturated carbocycles. The highest BCUT2D eigenvalue weighted by Crippen LogP contribution is 2.12. The Labute approximate surface area is 117 Å². The fourth-order valence-corrected chi connectivity index (χ4v) is 1.86. The predicted molar refractivity (Wildman–Crippen MR) is 76.6 cm³/mol. The van der Waals surface area contributed by atoms with Gasteiger partial charge in [-0.25, -0.2) is 0 Å². The molecule has 0 amide bonds. The maximum Gasteiger partial charge on any atom is 0.269 e. The number of benzene rings is 2. The first-order chi connectivity index (χ1) is 9.65. The molecule has 0 aliphatic carbocycles. The van der Waals surface area contributed by atoms with Gasteiger partial charge in [-0.05, 0) is 36.2 Å². The average Bonchev–Trinajstić information content (AvgIpc) is 2.46. The zero-order valence-electron chi connectivity index (χ0n) is 11.0.